The van der Waals surface area contributed by atoms with Crippen molar-refractivity contribution in [2.75, 3.05) is 7.05 Å². The average Bonchev–Trinajstić information content (AvgIpc) is 2.73. The molecule has 1 amide bonds. The maximum atomic E-state index is 12.8. The maximum Gasteiger partial charge on any atom is 0.252 e. The molecule has 3 aromatic carbocycles. The Hall–Kier alpha value is -2.96. The number of carbonyl (C=O) groups excluding carboxylic acids is 1. The van der Waals surface area contributed by atoms with Gasteiger partial charge >= 0.3 is 0 Å². The van der Waals surface area contributed by atoms with Crippen LogP contribution in [0.5, 0.6) is 0 Å². The minimum Gasteiger partial charge on any atom is -0.341 e. The van der Waals surface area contributed by atoms with Crippen molar-refractivity contribution >= 4 is 15.9 Å². The Labute approximate surface area is 159 Å². The van der Waals surface area contributed by atoms with Crippen molar-refractivity contribution in [2.45, 2.75) is 10.9 Å². The molecule has 0 aromatic heterocycles. The van der Waals surface area contributed by atoms with Gasteiger partial charge in [0.05, 0.1) is 10.9 Å². The van der Waals surface area contributed by atoms with E-state index in [0.717, 1.165) is 11.1 Å². The van der Waals surface area contributed by atoms with Crippen LogP contribution < -0.4 is 10.0 Å². The number of rotatable bonds is 6. The van der Waals surface area contributed by atoms with Gasteiger partial charge in [-0.1, -0.05) is 60.7 Å². The van der Waals surface area contributed by atoms with Gasteiger partial charge in [0.15, 0.2) is 0 Å². The third-order valence-electron chi connectivity index (χ3n) is 4.24. The summed E-state index contributed by atoms with van der Waals surface area (Å²) < 4.78 is 25.9. The van der Waals surface area contributed by atoms with Crippen LogP contribution in [0.15, 0.2) is 89.8 Å². The molecule has 138 valence electrons. The lowest BCUT2D eigenvalue weighted by molar-refractivity contribution is 0.0943. The Morgan fingerprint density at radius 3 is 1.70 bits per heavy atom. The van der Waals surface area contributed by atoms with Crippen molar-refractivity contribution in [1.29, 1.82) is 0 Å². The van der Waals surface area contributed by atoms with Gasteiger partial charge in [-0.25, -0.2) is 13.1 Å². The quantitative estimate of drug-likeness (QED) is 0.690. The van der Waals surface area contributed by atoms with E-state index in [-0.39, 0.29) is 16.8 Å². The van der Waals surface area contributed by atoms with Crippen molar-refractivity contribution in [3.8, 4) is 0 Å². The van der Waals surface area contributed by atoms with Gasteiger partial charge in [-0.2, -0.15) is 0 Å². The van der Waals surface area contributed by atoms with Crippen LogP contribution in [-0.4, -0.2) is 21.4 Å². The highest BCUT2D eigenvalue weighted by molar-refractivity contribution is 7.89. The SMILES string of the molecule is CNS(=O)(=O)c1ccc(C(=O)NC(c2ccccc2)c2ccccc2)cc1. The second kappa shape index (κ2) is 8.16. The summed E-state index contributed by atoms with van der Waals surface area (Å²) in [6.07, 6.45) is 0. The van der Waals surface area contributed by atoms with E-state index in [1.54, 1.807) is 0 Å². The van der Waals surface area contributed by atoms with Crippen molar-refractivity contribution in [2.24, 2.45) is 0 Å². The van der Waals surface area contributed by atoms with E-state index < -0.39 is 10.0 Å². The molecule has 5 nitrogen and oxygen atoms in total. The summed E-state index contributed by atoms with van der Waals surface area (Å²) in [7, 11) is -2.18. The van der Waals surface area contributed by atoms with E-state index in [9.17, 15) is 13.2 Å². The number of benzene rings is 3. The third-order valence-corrected chi connectivity index (χ3v) is 5.67. The zero-order valence-electron chi connectivity index (χ0n) is 14.8. The zero-order chi connectivity index (χ0) is 19.3. The van der Waals surface area contributed by atoms with E-state index in [2.05, 4.69) is 10.0 Å². The highest BCUT2D eigenvalue weighted by atomic mass is 32.2. The monoisotopic (exact) mass is 380 g/mol. The van der Waals surface area contributed by atoms with E-state index >= 15 is 0 Å². The van der Waals surface area contributed by atoms with Crippen LogP contribution in [0.1, 0.15) is 27.5 Å². The van der Waals surface area contributed by atoms with E-state index in [1.807, 2.05) is 60.7 Å². The number of sulfonamides is 1. The van der Waals surface area contributed by atoms with Gasteiger partial charge < -0.3 is 5.32 Å². The molecule has 0 bridgehead atoms. The first-order chi connectivity index (χ1) is 13.0. The first-order valence-corrected chi connectivity index (χ1v) is 9.94. The van der Waals surface area contributed by atoms with Gasteiger partial charge in [-0.15, -0.1) is 0 Å². The lowest BCUT2D eigenvalue weighted by atomic mass is 9.98. The molecule has 2 N–H and O–H groups in total. The van der Waals surface area contributed by atoms with Crippen molar-refractivity contribution < 1.29 is 13.2 Å². The average molecular weight is 380 g/mol. The van der Waals surface area contributed by atoms with Crippen LogP contribution in [0, 0.1) is 0 Å². The van der Waals surface area contributed by atoms with Crippen LogP contribution in [0.3, 0.4) is 0 Å². The fourth-order valence-electron chi connectivity index (χ4n) is 2.77. The standard InChI is InChI=1S/C21H20N2O3S/c1-22-27(25,26)19-14-12-18(13-15-19)21(24)23-20(16-8-4-2-5-9-16)17-10-6-3-7-11-17/h2-15,20,22H,1H3,(H,23,24). The van der Waals surface area contributed by atoms with Gasteiger partial charge in [0, 0.05) is 5.56 Å². The van der Waals surface area contributed by atoms with Crippen molar-refractivity contribution in [3.63, 3.8) is 0 Å². The molecule has 0 spiro atoms. The van der Waals surface area contributed by atoms with Gasteiger partial charge in [0.25, 0.3) is 5.91 Å². The molecule has 0 radical (unpaired) electrons. The van der Waals surface area contributed by atoms with Crippen LogP contribution >= 0.6 is 0 Å². The Kier molecular flexibility index (Phi) is 5.69. The molecule has 6 heteroatoms. The van der Waals surface area contributed by atoms with Gasteiger partial charge in [-0.05, 0) is 42.4 Å². The number of carbonyl (C=O) groups is 1. The molecule has 3 rings (SSSR count). The fraction of sp³-hybridized carbons (Fsp3) is 0.0952. The number of hydrogen-bond donors (Lipinski definition) is 2. The molecule has 27 heavy (non-hydrogen) atoms. The van der Waals surface area contributed by atoms with E-state index in [4.69, 9.17) is 0 Å². The Morgan fingerprint density at radius 1 is 0.778 bits per heavy atom. The van der Waals surface area contributed by atoms with Crippen molar-refractivity contribution in [1.82, 2.24) is 10.0 Å². The molecule has 0 aliphatic carbocycles. The maximum absolute atomic E-state index is 12.8. The molecular weight excluding hydrogens is 360 g/mol. The predicted octanol–water partition coefficient (Wildman–Crippen LogP) is 3.11. The highest BCUT2D eigenvalue weighted by Crippen LogP contribution is 2.22. The van der Waals surface area contributed by atoms with Gasteiger partial charge in [-0.3, -0.25) is 4.79 Å². The van der Waals surface area contributed by atoms with Crippen LogP contribution in [0.2, 0.25) is 0 Å². The number of amides is 1. The molecule has 0 saturated carbocycles. The second-order valence-electron chi connectivity index (χ2n) is 5.96. The molecule has 0 heterocycles. The summed E-state index contributed by atoms with van der Waals surface area (Å²) in [5.41, 5.74) is 2.32. The third kappa shape index (κ3) is 4.42. The van der Waals surface area contributed by atoms with Crippen molar-refractivity contribution in [3.05, 3.63) is 102 Å². The summed E-state index contributed by atoms with van der Waals surface area (Å²) in [6, 6.07) is 24.9. The first kappa shape index (κ1) is 18.8. The largest absolute Gasteiger partial charge is 0.341 e. The summed E-state index contributed by atoms with van der Waals surface area (Å²) >= 11 is 0. The minimum atomic E-state index is -3.53. The summed E-state index contributed by atoms with van der Waals surface area (Å²) in [4.78, 5) is 12.9. The molecule has 0 unspecified atom stereocenters. The zero-order valence-corrected chi connectivity index (χ0v) is 15.6. The number of hydrogen-bond acceptors (Lipinski definition) is 3. The molecule has 0 atom stereocenters. The molecule has 0 saturated heterocycles. The molecule has 0 fully saturated rings. The van der Waals surface area contributed by atoms with Crippen LogP contribution in [-0.2, 0) is 10.0 Å². The molecule has 0 aliphatic heterocycles. The van der Waals surface area contributed by atoms with Crippen LogP contribution in [0.4, 0.5) is 0 Å². The molecular formula is C21H20N2O3S. The lowest BCUT2D eigenvalue weighted by Gasteiger charge is -2.20. The van der Waals surface area contributed by atoms with Gasteiger partial charge in [0.2, 0.25) is 10.0 Å². The fourth-order valence-corrected chi connectivity index (χ4v) is 3.50. The topological polar surface area (TPSA) is 75.3 Å². The molecule has 3 aromatic rings. The van der Waals surface area contributed by atoms with Gasteiger partial charge in [0.1, 0.15) is 0 Å². The summed E-state index contributed by atoms with van der Waals surface area (Å²) in [5.74, 6) is -0.277. The summed E-state index contributed by atoms with van der Waals surface area (Å²) in [6.45, 7) is 0. The smallest absolute Gasteiger partial charge is 0.252 e. The summed E-state index contributed by atoms with van der Waals surface area (Å²) in [5, 5.41) is 3.03. The Bertz CT molecular complexity index is 963. The van der Waals surface area contributed by atoms with E-state index in [1.165, 1.54) is 31.3 Å². The lowest BCUT2D eigenvalue weighted by Crippen LogP contribution is -2.29. The Balaban J connectivity index is 1.87. The molecule has 0 aliphatic rings. The first-order valence-electron chi connectivity index (χ1n) is 8.45. The predicted molar refractivity (Wildman–Crippen MR) is 105 cm³/mol. The number of nitrogens with one attached hydrogen (secondary N) is 2. The normalized spacial score (nSPS) is 11.3. The van der Waals surface area contributed by atoms with Crippen LogP contribution in [0.25, 0.3) is 0 Å². The second-order valence-corrected chi connectivity index (χ2v) is 7.85. The Morgan fingerprint density at radius 2 is 1.26 bits per heavy atom. The van der Waals surface area contributed by atoms with E-state index in [0.29, 0.717) is 5.56 Å². The minimum absolute atomic E-state index is 0.115. The highest BCUT2D eigenvalue weighted by Gasteiger charge is 2.18.